The number of rotatable bonds is 7. The fourth-order valence-electron chi connectivity index (χ4n) is 4.44. The summed E-state index contributed by atoms with van der Waals surface area (Å²) in [5.74, 6) is 1.03. The Balaban J connectivity index is 1.49. The van der Waals surface area contributed by atoms with Crippen LogP contribution in [0.2, 0.25) is 0 Å². The zero-order chi connectivity index (χ0) is 17.5. The maximum absolute atomic E-state index is 12.4. The van der Waals surface area contributed by atoms with E-state index in [1.165, 1.54) is 58.0 Å². The third-order valence-corrected chi connectivity index (χ3v) is 5.95. The van der Waals surface area contributed by atoms with Gasteiger partial charge in [-0.1, -0.05) is 31.4 Å². The van der Waals surface area contributed by atoms with Crippen molar-refractivity contribution in [3.05, 3.63) is 29.8 Å². The summed E-state index contributed by atoms with van der Waals surface area (Å²) in [6.07, 6.45) is 10.4. The minimum absolute atomic E-state index is 0.172. The number of benzene rings is 1. The van der Waals surface area contributed by atoms with Gasteiger partial charge in [0.05, 0.1) is 7.11 Å². The fourth-order valence-corrected chi connectivity index (χ4v) is 4.44. The Labute approximate surface area is 151 Å². The predicted molar refractivity (Wildman–Crippen MR) is 101 cm³/mol. The van der Waals surface area contributed by atoms with Crippen molar-refractivity contribution >= 4 is 5.91 Å². The zero-order valence-electron chi connectivity index (χ0n) is 15.6. The van der Waals surface area contributed by atoms with Crippen molar-refractivity contribution in [2.75, 3.05) is 26.7 Å². The molecule has 0 radical (unpaired) electrons. The third-order valence-electron chi connectivity index (χ3n) is 5.95. The molecule has 4 heteroatoms. The lowest BCUT2D eigenvalue weighted by Crippen LogP contribution is -2.55. The summed E-state index contributed by atoms with van der Waals surface area (Å²) in [5, 5.41) is 3.25. The van der Waals surface area contributed by atoms with E-state index in [1.54, 1.807) is 7.11 Å². The Kier molecular flexibility index (Phi) is 6.35. The Morgan fingerprint density at radius 3 is 2.64 bits per heavy atom. The third kappa shape index (κ3) is 4.75. The number of likely N-dealkylation sites (tertiary alicyclic amines) is 1. The number of aryl methyl sites for hydroxylation is 1. The van der Waals surface area contributed by atoms with Crippen molar-refractivity contribution in [3.63, 3.8) is 0 Å². The Morgan fingerprint density at radius 2 is 1.92 bits per heavy atom. The van der Waals surface area contributed by atoms with Crippen LogP contribution in [0.5, 0.6) is 5.75 Å². The van der Waals surface area contributed by atoms with Gasteiger partial charge < -0.3 is 10.1 Å². The average Bonchev–Trinajstić information content (AvgIpc) is 3.16. The molecule has 1 aliphatic heterocycles. The van der Waals surface area contributed by atoms with E-state index in [0.717, 1.165) is 24.3 Å². The SMILES string of the molecule is COc1cccc(CCC(=O)NCC2(N3CCCCC3)CCCC2)c1. The molecule has 1 saturated heterocycles. The molecule has 0 bridgehead atoms. The molecule has 25 heavy (non-hydrogen) atoms. The number of hydrogen-bond donors (Lipinski definition) is 1. The maximum Gasteiger partial charge on any atom is 0.220 e. The normalized spacial score (nSPS) is 20.4. The van der Waals surface area contributed by atoms with Gasteiger partial charge in [0.15, 0.2) is 0 Å². The lowest BCUT2D eigenvalue weighted by atomic mass is 9.92. The Bertz CT molecular complexity index is 561. The van der Waals surface area contributed by atoms with E-state index in [9.17, 15) is 4.79 Å². The van der Waals surface area contributed by atoms with Crippen LogP contribution in [0.3, 0.4) is 0 Å². The van der Waals surface area contributed by atoms with Crippen LogP contribution < -0.4 is 10.1 Å². The number of ether oxygens (including phenoxy) is 1. The van der Waals surface area contributed by atoms with E-state index in [2.05, 4.69) is 16.3 Å². The molecule has 1 aliphatic carbocycles. The monoisotopic (exact) mass is 344 g/mol. The van der Waals surface area contributed by atoms with E-state index in [4.69, 9.17) is 4.74 Å². The van der Waals surface area contributed by atoms with Crippen LogP contribution in [0.25, 0.3) is 0 Å². The van der Waals surface area contributed by atoms with Gasteiger partial charge in [0, 0.05) is 18.5 Å². The van der Waals surface area contributed by atoms with Gasteiger partial charge in [-0.05, 0) is 62.9 Å². The van der Waals surface area contributed by atoms with E-state index in [1.807, 2.05) is 18.2 Å². The first-order valence-electron chi connectivity index (χ1n) is 9.87. The molecule has 138 valence electrons. The van der Waals surface area contributed by atoms with Crippen LogP contribution in [-0.2, 0) is 11.2 Å². The highest BCUT2D eigenvalue weighted by atomic mass is 16.5. The quantitative estimate of drug-likeness (QED) is 0.822. The number of hydrogen-bond acceptors (Lipinski definition) is 3. The molecule has 4 nitrogen and oxygen atoms in total. The van der Waals surface area contributed by atoms with Crippen molar-refractivity contribution in [1.82, 2.24) is 10.2 Å². The van der Waals surface area contributed by atoms with E-state index >= 15 is 0 Å². The van der Waals surface area contributed by atoms with Crippen molar-refractivity contribution in [3.8, 4) is 5.75 Å². The van der Waals surface area contributed by atoms with Gasteiger partial charge in [-0.15, -0.1) is 0 Å². The molecule has 0 aromatic heterocycles. The average molecular weight is 344 g/mol. The number of methoxy groups -OCH3 is 1. The summed E-state index contributed by atoms with van der Waals surface area (Å²) in [5.41, 5.74) is 1.38. The number of nitrogens with one attached hydrogen (secondary N) is 1. The highest BCUT2D eigenvalue weighted by molar-refractivity contribution is 5.76. The fraction of sp³-hybridized carbons (Fsp3) is 0.667. The summed E-state index contributed by atoms with van der Waals surface area (Å²) in [4.78, 5) is 15.1. The van der Waals surface area contributed by atoms with Gasteiger partial charge in [0.2, 0.25) is 5.91 Å². The smallest absolute Gasteiger partial charge is 0.220 e. The summed E-state index contributed by atoms with van der Waals surface area (Å²) in [6.45, 7) is 3.24. The number of carbonyl (C=O) groups is 1. The number of carbonyl (C=O) groups excluding carboxylic acids is 1. The second kappa shape index (κ2) is 8.70. The zero-order valence-corrected chi connectivity index (χ0v) is 15.6. The molecule has 3 rings (SSSR count). The minimum atomic E-state index is 0.172. The lowest BCUT2D eigenvalue weighted by Gasteiger charge is -2.43. The van der Waals surface area contributed by atoms with Gasteiger partial charge in [-0.25, -0.2) is 0 Å². The highest BCUT2D eigenvalue weighted by Crippen LogP contribution is 2.36. The molecular weight excluding hydrogens is 312 g/mol. The molecule has 1 aromatic carbocycles. The van der Waals surface area contributed by atoms with Crippen LogP contribution in [0.4, 0.5) is 0 Å². The summed E-state index contributed by atoms with van der Waals surface area (Å²) >= 11 is 0. The molecular formula is C21H32N2O2. The molecule has 0 atom stereocenters. The summed E-state index contributed by atoms with van der Waals surface area (Å²) in [6, 6.07) is 7.99. The number of nitrogens with zero attached hydrogens (tertiary/aromatic N) is 1. The van der Waals surface area contributed by atoms with Crippen molar-refractivity contribution < 1.29 is 9.53 Å². The number of amides is 1. The van der Waals surface area contributed by atoms with E-state index in [-0.39, 0.29) is 11.4 Å². The van der Waals surface area contributed by atoms with E-state index < -0.39 is 0 Å². The molecule has 1 N–H and O–H groups in total. The number of piperidine rings is 1. The van der Waals surface area contributed by atoms with Crippen molar-refractivity contribution in [2.24, 2.45) is 0 Å². The van der Waals surface area contributed by atoms with Crippen LogP contribution in [0.15, 0.2) is 24.3 Å². The highest BCUT2D eigenvalue weighted by Gasteiger charge is 2.39. The first kappa shape index (κ1) is 18.2. The molecule has 2 aliphatic rings. The van der Waals surface area contributed by atoms with Gasteiger partial charge >= 0.3 is 0 Å². The van der Waals surface area contributed by atoms with E-state index in [0.29, 0.717) is 6.42 Å². The van der Waals surface area contributed by atoms with Crippen molar-refractivity contribution in [1.29, 1.82) is 0 Å². The van der Waals surface area contributed by atoms with Gasteiger partial charge in [-0.3, -0.25) is 9.69 Å². The summed E-state index contributed by atoms with van der Waals surface area (Å²) in [7, 11) is 1.67. The molecule has 0 spiro atoms. The van der Waals surface area contributed by atoms with Crippen LogP contribution in [-0.4, -0.2) is 43.1 Å². The molecule has 2 fully saturated rings. The molecule has 1 aromatic rings. The second-order valence-electron chi connectivity index (χ2n) is 7.61. The Morgan fingerprint density at radius 1 is 1.16 bits per heavy atom. The second-order valence-corrected chi connectivity index (χ2v) is 7.61. The van der Waals surface area contributed by atoms with Crippen LogP contribution in [0, 0.1) is 0 Å². The molecule has 0 unspecified atom stereocenters. The van der Waals surface area contributed by atoms with Crippen LogP contribution >= 0.6 is 0 Å². The largest absolute Gasteiger partial charge is 0.497 e. The minimum Gasteiger partial charge on any atom is -0.497 e. The Hall–Kier alpha value is -1.55. The predicted octanol–water partition coefficient (Wildman–Crippen LogP) is 3.54. The van der Waals surface area contributed by atoms with Crippen molar-refractivity contribution in [2.45, 2.75) is 63.3 Å². The molecule has 1 saturated carbocycles. The standard InChI is InChI=1S/C21H32N2O2/c1-25-19-9-7-8-18(16-19)10-11-20(24)22-17-21(12-3-4-13-21)23-14-5-2-6-15-23/h7-9,16H,2-6,10-15,17H2,1H3,(H,22,24). The summed E-state index contributed by atoms with van der Waals surface area (Å²) < 4.78 is 5.25. The molecule has 1 amide bonds. The molecule has 1 heterocycles. The maximum atomic E-state index is 12.4. The first-order valence-corrected chi connectivity index (χ1v) is 9.87. The van der Waals surface area contributed by atoms with Crippen LogP contribution in [0.1, 0.15) is 56.9 Å². The lowest BCUT2D eigenvalue weighted by molar-refractivity contribution is -0.121. The van der Waals surface area contributed by atoms with Gasteiger partial charge in [0.25, 0.3) is 0 Å². The van der Waals surface area contributed by atoms with Gasteiger partial charge in [-0.2, -0.15) is 0 Å². The topological polar surface area (TPSA) is 41.6 Å². The van der Waals surface area contributed by atoms with Gasteiger partial charge in [0.1, 0.15) is 5.75 Å². The first-order chi connectivity index (χ1) is 12.2.